The fourth-order valence-corrected chi connectivity index (χ4v) is 4.79. The molecule has 156 valence electrons. The number of amides is 2. The van der Waals surface area contributed by atoms with Crippen LogP contribution in [0.5, 0.6) is 0 Å². The third-order valence-corrected chi connectivity index (χ3v) is 6.13. The molecule has 3 atom stereocenters. The van der Waals surface area contributed by atoms with Crippen molar-refractivity contribution in [3.05, 3.63) is 22.2 Å². The fraction of sp³-hybridized carbons (Fsp3) is 0.562. The van der Waals surface area contributed by atoms with Crippen LogP contribution in [0.3, 0.4) is 0 Å². The lowest BCUT2D eigenvalue weighted by Gasteiger charge is -2.45. The lowest BCUT2D eigenvalue weighted by molar-refractivity contribution is -0.160. The second kappa shape index (κ2) is 9.07. The summed E-state index contributed by atoms with van der Waals surface area (Å²) in [6, 6.07) is -0.426. The van der Waals surface area contributed by atoms with Gasteiger partial charge in [0.15, 0.2) is 0 Å². The molecule has 0 aromatic rings. The van der Waals surface area contributed by atoms with Crippen LogP contribution in [0.4, 0.5) is 0 Å². The van der Waals surface area contributed by atoms with E-state index in [1.54, 1.807) is 5.41 Å². The first-order valence-electron chi connectivity index (χ1n) is 8.43. The average Bonchev–Trinajstić information content (AvgIpc) is 2.91. The summed E-state index contributed by atoms with van der Waals surface area (Å²) in [6.07, 6.45) is 0.797. The molecule has 0 radical (unpaired) electrons. The largest absolute Gasteiger partial charge is 0.464 e. The van der Waals surface area contributed by atoms with Crippen LogP contribution >= 0.6 is 11.8 Å². The lowest BCUT2D eigenvalue weighted by Crippen LogP contribution is -2.62. The van der Waals surface area contributed by atoms with Gasteiger partial charge < -0.3 is 15.0 Å². The van der Waals surface area contributed by atoms with E-state index in [1.165, 1.54) is 50.7 Å². The SMILES string of the molecule is CCOS(=O)(=O)O[C@@H](C)[C@@H]1C(=O)N2C(C(=O)OC)=C(S/C=C/NC(C)=O)C[C@H]12. The molecule has 0 spiro atoms. The second-order valence-corrected chi connectivity index (χ2v) is 8.25. The number of carbonyl (C=O) groups excluding carboxylic acids is 3. The Bertz CT molecular complexity index is 821. The molecule has 0 bridgehead atoms. The smallest absolute Gasteiger partial charge is 0.400 e. The third-order valence-electron chi connectivity index (χ3n) is 4.15. The Morgan fingerprint density at radius 2 is 2.11 bits per heavy atom. The van der Waals surface area contributed by atoms with Gasteiger partial charge in [0.2, 0.25) is 11.8 Å². The summed E-state index contributed by atoms with van der Waals surface area (Å²) < 4.78 is 37.6. The van der Waals surface area contributed by atoms with E-state index in [2.05, 4.69) is 9.50 Å². The molecule has 2 aliphatic rings. The summed E-state index contributed by atoms with van der Waals surface area (Å²) in [5.41, 5.74) is 0.117. The summed E-state index contributed by atoms with van der Waals surface area (Å²) in [4.78, 5) is 37.6. The molecule has 0 aromatic heterocycles. The van der Waals surface area contributed by atoms with Crippen molar-refractivity contribution in [3.63, 3.8) is 0 Å². The summed E-state index contributed by atoms with van der Waals surface area (Å²) in [6.45, 7) is 4.24. The molecule has 0 unspecified atom stereocenters. The molecule has 1 fully saturated rings. The summed E-state index contributed by atoms with van der Waals surface area (Å²) >= 11 is 1.17. The quantitative estimate of drug-likeness (QED) is 0.410. The number of ether oxygens (including phenoxy) is 1. The van der Waals surface area contributed by atoms with Gasteiger partial charge in [-0.1, -0.05) is 11.8 Å². The number of hydrogen-bond acceptors (Lipinski definition) is 9. The molecule has 2 aliphatic heterocycles. The number of hydrogen-bond donors (Lipinski definition) is 1. The van der Waals surface area contributed by atoms with Gasteiger partial charge in [0.1, 0.15) is 5.70 Å². The third kappa shape index (κ3) is 4.74. The number of methoxy groups -OCH3 is 1. The highest BCUT2D eigenvalue weighted by molar-refractivity contribution is 8.05. The number of nitrogens with zero attached hydrogens (tertiary/aromatic N) is 1. The molecule has 2 rings (SSSR count). The Morgan fingerprint density at radius 3 is 2.68 bits per heavy atom. The van der Waals surface area contributed by atoms with E-state index in [0.29, 0.717) is 11.3 Å². The van der Waals surface area contributed by atoms with Crippen molar-refractivity contribution in [2.75, 3.05) is 13.7 Å². The Hall–Kier alpha value is -1.89. The van der Waals surface area contributed by atoms with Crippen LogP contribution in [0, 0.1) is 5.92 Å². The minimum Gasteiger partial charge on any atom is -0.464 e. The minimum atomic E-state index is -4.21. The summed E-state index contributed by atoms with van der Waals surface area (Å²) in [5.74, 6) is -2.08. The zero-order chi connectivity index (χ0) is 21.1. The van der Waals surface area contributed by atoms with Crippen molar-refractivity contribution >= 4 is 39.9 Å². The van der Waals surface area contributed by atoms with Crippen molar-refractivity contribution < 1.29 is 35.9 Å². The van der Waals surface area contributed by atoms with E-state index in [1.807, 2.05) is 0 Å². The number of carbonyl (C=O) groups is 3. The van der Waals surface area contributed by atoms with Gasteiger partial charge in [-0.3, -0.25) is 9.59 Å². The van der Waals surface area contributed by atoms with Crippen LogP contribution < -0.4 is 5.32 Å². The van der Waals surface area contributed by atoms with Crippen LogP contribution in [-0.4, -0.2) is 57.0 Å². The fourth-order valence-electron chi connectivity index (χ4n) is 3.09. The molecular formula is C16H22N2O8S2. The van der Waals surface area contributed by atoms with Crippen molar-refractivity contribution in [3.8, 4) is 0 Å². The van der Waals surface area contributed by atoms with Crippen LogP contribution in [0.25, 0.3) is 0 Å². The molecule has 10 nitrogen and oxygen atoms in total. The molecule has 0 aromatic carbocycles. The predicted octanol–water partition coefficient (Wildman–Crippen LogP) is 0.629. The highest BCUT2D eigenvalue weighted by atomic mass is 32.3. The highest BCUT2D eigenvalue weighted by Gasteiger charge is 2.58. The standard InChI is InChI=1S/C16H22N2O8S2/c1-5-25-28(22,23)26-9(2)13-11-8-12(27-7-6-17-10(3)19)14(16(21)24-4)18(11)15(13)20/h6-7,9,11,13H,5,8H2,1-4H3,(H,17,19)/b7-6+/t9-,11+,13-/m0/s1. The van der Waals surface area contributed by atoms with E-state index in [4.69, 9.17) is 8.92 Å². The Kier molecular flexibility index (Phi) is 7.26. The lowest BCUT2D eigenvalue weighted by atomic mass is 9.83. The summed E-state index contributed by atoms with van der Waals surface area (Å²) in [5, 5.41) is 4.05. The highest BCUT2D eigenvalue weighted by Crippen LogP contribution is 2.48. The van der Waals surface area contributed by atoms with Crippen molar-refractivity contribution in [2.24, 2.45) is 5.92 Å². The van der Waals surface area contributed by atoms with Crippen molar-refractivity contribution in [1.29, 1.82) is 0 Å². The first-order valence-corrected chi connectivity index (χ1v) is 10.6. The number of esters is 1. The normalized spacial score (nSPS) is 22.9. The first kappa shape index (κ1) is 22.4. The van der Waals surface area contributed by atoms with Crippen LogP contribution in [0.15, 0.2) is 22.2 Å². The van der Waals surface area contributed by atoms with E-state index in [0.717, 1.165) is 0 Å². The molecule has 0 aliphatic carbocycles. The maximum atomic E-state index is 12.6. The Balaban J connectivity index is 2.15. The molecular weight excluding hydrogens is 412 g/mol. The number of thioether (sulfide) groups is 1. The predicted molar refractivity (Wildman–Crippen MR) is 99.4 cm³/mol. The van der Waals surface area contributed by atoms with E-state index in [-0.39, 0.29) is 18.2 Å². The maximum Gasteiger partial charge on any atom is 0.400 e. The molecule has 0 saturated carbocycles. The zero-order valence-corrected chi connectivity index (χ0v) is 17.5. The molecule has 1 saturated heterocycles. The van der Waals surface area contributed by atoms with Crippen molar-refractivity contribution in [2.45, 2.75) is 39.3 Å². The second-order valence-electron chi connectivity index (χ2n) is 6.01. The van der Waals surface area contributed by atoms with Crippen LogP contribution in [-0.2, 0) is 37.9 Å². The van der Waals surface area contributed by atoms with E-state index >= 15 is 0 Å². The number of nitrogens with one attached hydrogen (secondary N) is 1. The monoisotopic (exact) mass is 434 g/mol. The first-order chi connectivity index (χ1) is 13.1. The van der Waals surface area contributed by atoms with Gasteiger partial charge in [-0.05, 0) is 19.3 Å². The molecule has 28 heavy (non-hydrogen) atoms. The number of β-lactam (4-membered cyclic amide) rings is 1. The van der Waals surface area contributed by atoms with Crippen molar-refractivity contribution in [1.82, 2.24) is 10.2 Å². The van der Waals surface area contributed by atoms with Gasteiger partial charge >= 0.3 is 16.4 Å². The van der Waals surface area contributed by atoms with Gasteiger partial charge in [0.05, 0.1) is 31.8 Å². The Morgan fingerprint density at radius 1 is 1.43 bits per heavy atom. The van der Waals surface area contributed by atoms with Crippen LogP contribution in [0.2, 0.25) is 0 Å². The van der Waals surface area contributed by atoms with Gasteiger partial charge in [-0.2, -0.15) is 8.42 Å². The molecule has 1 N–H and O–H groups in total. The zero-order valence-electron chi connectivity index (χ0n) is 15.8. The van der Waals surface area contributed by atoms with E-state index in [9.17, 15) is 22.8 Å². The van der Waals surface area contributed by atoms with Crippen LogP contribution in [0.1, 0.15) is 27.2 Å². The number of fused-ring (bicyclic) bond motifs is 1. The maximum absolute atomic E-state index is 12.6. The topological polar surface area (TPSA) is 128 Å². The van der Waals surface area contributed by atoms with Gasteiger partial charge in [0.25, 0.3) is 0 Å². The summed E-state index contributed by atoms with van der Waals surface area (Å²) in [7, 11) is -3.00. The molecule has 2 heterocycles. The molecule has 2 amide bonds. The van der Waals surface area contributed by atoms with Gasteiger partial charge in [0, 0.05) is 24.4 Å². The average molecular weight is 434 g/mol. The minimum absolute atomic E-state index is 0.0846. The van der Waals surface area contributed by atoms with Gasteiger partial charge in [-0.25, -0.2) is 13.2 Å². The van der Waals surface area contributed by atoms with E-state index < -0.39 is 40.3 Å². The Labute approximate surface area is 167 Å². The number of rotatable bonds is 9. The van der Waals surface area contributed by atoms with Gasteiger partial charge in [-0.15, -0.1) is 0 Å². The molecule has 12 heteroatoms.